The predicted octanol–water partition coefficient (Wildman–Crippen LogP) is 5.27. The van der Waals surface area contributed by atoms with Crippen LogP contribution in [0.15, 0.2) is 73.3 Å². The van der Waals surface area contributed by atoms with Crippen molar-refractivity contribution < 1.29 is 4.74 Å². The van der Waals surface area contributed by atoms with Crippen molar-refractivity contribution in [2.45, 2.75) is 26.0 Å². The molecule has 0 bridgehead atoms. The van der Waals surface area contributed by atoms with Crippen LogP contribution in [0.3, 0.4) is 0 Å². The summed E-state index contributed by atoms with van der Waals surface area (Å²) in [6.07, 6.45) is 1.94. The van der Waals surface area contributed by atoms with Gasteiger partial charge in [-0.1, -0.05) is 80.6 Å². The van der Waals surface area contributed by atoms with E-state index in [0.717, 1.165) is 13.1 Å². The van der Waals surface area contributed by atoms with Gasteiger partial charge in [0.25, 0.3) is 0 Å². The van der Waals surface area contributed by atoms with E-state index >= 15 is 0 Å². The standard InChI is InChI=1S/C21H27NO.BrH/c1-4-20(22(5-2)6-3)17-23-21(18-13-9-7-10-14-18)19-15-11-8-12-16-19;/h4,7-16,20-21H,1,5-6,17H2,2-3H3;1H. The van der Waals surface area contributed by atoms with Gasteiger partial charge in [-0.15, -0.1) is 23.6 Å². The highest BCUT2D eigenvalue weighted by Crippen LogP contribution is 2.26. The van der Waals surface area contributed by atoms with Crippen LogP contribution in [0.4, 0.5) is 0 Å². The number of halogens is 1. The van der Waals surface area contributed by atoms with Crippen LogP contribution in [0.5, 0.6) is 0 Å². The average Bonchev–Trinajstić information content (AvgIpc) is 2.63. The number of hydrogen-bond donors (Lipinski definition) is 0. The second-order valence-electron chi connectivity index (χ2n) is 5.56. The summed E-state index contributed by atoms with van der Waals surface area (Å²) in [4.78, 5) is 2.36. The highest BCUT2D eigenvalue weighted by atomic mass is 79.9. The molecule has 0 saturated carbocycles. The van der Waals surface area contributed by atoms with E-state index in [0.29, 0.717) is 6.61 Å². The van der Waals surface area contributed by atoms with Crippen LogP contribution in [-0.2, 0) is 4.74 Å². The molecule has 1 atom stereocenters. The molecular weight excluding hydrogens is 362 g/mol. The van der Waals surface area contributed by atoms with Gasteiger partial charge in [-0.05, 0) is 24.2 Å². The zero-order valence-electron chi connectivity index (χ0n) is 14.6. The number of ether oxygens (including phenoxy) is 1. The monoisotopic (exact) mass is 389 g/mol. The van der Waals surface area contributed by atoms with E-state index in [4.69, 9.17) is 4.74 Å². The summed E-state index contributed by atoms with van der Waals surface area (Å²) in [5.74, 6) is 0. The Hall–Kier alpha value is -1.42. The first-order chi connectivity index (χ1) is 11.3. The molecule has 0 saturated heterocycles. The second-order valence-corrected chi connectivity index (χ2v) is 5.56. The Balaban J connectivity index is 0.00000288. The lowest BCUT2D eigenvalue weighted by atomic mass is 10.0. The van der Waals surface area contributed by atoms with E-state index in [-0.39, 0.29) is 29.1 Å². The maximum absolute atomic E-state index is 6.34. The fourth-order valence-electron chi connectivity index (χ4n) is 2.85. The number of benzene rings is 2. The normalized spacial score (nSPS) is 12.0. The SMILES string of the molecule is Br.C=CC(COC(c1ccccc1)c1ccccc1)N(CC)CC. The topological polar surface area (TPSA) is 12.5 Å². The quantitative estimate of drug-likeness (QED) is 0.541. The summed E-state index contributed by atoms with van der Waals surface area (Å²) in [6.45, 7) is 11.0. The molecule has 130 valence electrons. The molecule has 24 heavy (non-hydrogen) atoms. The predicted molar refractivity (Wildman–Crippen MR) is 108 cm³/mol. The molecule has 0 aliphatic heterocycles. The van der Waals surface area contributed by atoms with Gasteiger partial charge in [0.15, 0.2) is 0 Å². The Bertz CT molecular complexity index is 529. The van der Waals surface area contributed by atoms with E-state index in [1.807, 2.05) is 18.2 Å². The third kappa shape index (κ3) is 5.59. The van der Waals surface area contributed by atoms with Gasteiger partial charge in [0.05, 0.1) is 12.6 Å². The van der Waals surface area contributed by atoms with Crippen molar-refractivity contribution in [1.29, 1.82) is 0 Å². The van der Waals surface area contributed by atoms with Crippen LogP contribution in [0.1, 0.15) is 31.1 Å². The van der Waals surface area contributed by atoms with E-state index in [1.54, 1.807) is 0 Å². The lowest BCUT2D eigenvalue weighted by Gasteiger charge is -2.29. The van der Waals surface area contributed by atoms with Gasteiger partial charge in [-0.2, -0.15) is 0 Å². The summed E-state index contributed by atoms with van der Waals surface area (Å²) in [7, 11) is 0. The molecule has 2 nitrogen and oxygen atoms in total. The first-order valence-electron chi connectivity index (χ1n) is 8.38. The number of hydrogen-bond acceptors (Lipinski definition) is 2. The lowest BCUT2D eigenvalue weighted by molar-refractivity contribution is 0.0420. The average molecular weight is 390 g/mol. The molecule has 0 amide bonds. The molecule has 0 N–H and O–H groups in total. The van der Waals surface area contributed by atoms with Crippen molar-refractivity contribution in [3.05, 3.63) is 84.4 Å². The van der Waals surface area contributed by atoms with Gasteiger partial charge in [0.2, 0.25) is 0 Å². The first-order valence-corrected chi connectivity index (χ1v) is 8.38. The minimum absolute atomic E-state index is 0. The molecule has 0 aromatic heterocycles. The van der Waals surface area contributed by atoms with E-state index in [2.05, 4.69) is 73.9 Å². The van der Waals surface area contributed by atoms with Crippen molar-refractivity contribution in [2.24, 2.45) is 0 Å². The largest absolute Gasteiger partial charge is 0.367 e. The molecule has 1 unspecified atom stereocenters. The molecule has 0 heterocycles. The van der Waals surface area contributed by atoms with E-state index in [1.165, 1.54) is 11.1 Å². The first kappa shape index (κ1) is 20.6. The highest BCUT2D eigenvalue weighted by molar-refractivity contribution is 8.93. The Morgan fingerprint density at radius 2 is 1.38 bits per heavy atom. The van der Waals surface area contributed by atoms with Crippen LogP contribution in [0.2, 0.25) is 0 Å². The maximum Gasteiger partial charge on any atom is 0.108 e. The molecule has 0 radical (unpaired) electrons. The Morgan fingerprint density at radius 3 is 1.75 bits per heavy atom. The fourth-order valence-corrected chi connectivity index (χ4v) is 2.85. The van der Waals surface area contributed by atoms with Crippen LogP contribution in [0, 0.1) is 0 Å². The summed E-state index contributed by atoms with van der Waals surface area (Å²) >= 11 is 0. The van der Waals surface area contributed by atoms with Crippen molar-refractivity contribution in [1.82, 2.24) is 4.90 Å². The minimum atomic E-state index is -0.0459. The van der Waals surface area contributed by atoms with Gasteiger partial charge in [0, 0.05) is 0 Å². The summed E-state index contributed by atoms with van der Waals surface area (Å²) in [5.41, 5.74) is 2.36. The smallest absolute Gasteiger partial charge is 0.108 e. The van der Waals surface area contributed by atoms with Crippen molar-refractivity contribution >= 4 is 17.0 Å². The van der Waals surface area contributed by atoms with Crippen molar-refractivity contribution in [2.75, 3.05) is 19.7 Å². The molecule has 2 aromatic carbocycles. The maximum atomic E-state index is 6.34. The van der Waals surface area contributed by atoms with Crippen LogP contribution < -0.4 is 0 Å². The Morgan fingerprint density at radius 1 is 0.917 bits per heavy atom. The highest BCUT2D eigenvalue weighted by Gasteiger charge is 2.18. The van der Waals surface area contributed by atoms with Crippen LogP contribution in [0.25, 0.3) is 0 Å². The number of likely N-dealkylation sites (N-methyl/N-ethyl adjacent to an activating group) is 1. The van der Waals surface area contributed by atoms with Gasteiger partial charge in [-0.3, -0.25) is 4.90 Å². The molecular formula is C21H28BrNO. The van der Waals surface area contributed by atoms with E-state index < -0.39 is 0 Å². The summed E-state index contributed by atoms with van der Waals surface area (Å²) in [5, 5.41) is 0. The van der Waals surface area contributed by atoms with Gasteiger partial charge in [0.1, 0.15) is 6.10 Å². The molecule has 0 fully saturated rings. The van der Waals surface area contributed by atoms with Crippen LogP contribution in [-0.4, -0.2) is 30.6 Å². The molecule has 0 aliphatic rings. The Kier molecular flexibility index (Phi) is 9.62. The van der Waals surface area contributed by atoms with Gasteiger partial charge in [-0.25, -0.2) is 0 Å². The summed E-state index contributed by atoms with van der Waals surface area (Å²) in [6, 6.07) is 21.0. The number of nitrogens with zero attached hydrogens (tertiary/aromatic N) is 1. The second kappa shape index (κ2) is 11.2. The molecule has 3 heteroatoms. The molecule has 0 spiro atoms. The lowest BCUT2D eigenvalue weighted by Crippen LogP contribution is -2.37. The zero-order chi connectivity index (χ0) is 16.5. The van der Waals surface area contributed by atoms with Crippen molar-refractivity contribution in [3.8, 4) is 0 Å². The molecule has 2 rings (SSSR count). The molecule has 2 aromatic rings. The zero-order valence-corrected chi connectivity index (χ0v) is 16.3. The minimum Gasteiger partial charge on any atom is -0.367 e. The fraction of sp³-hybridized carbons (Fsp3) is 0.333. The molecule has 0 aliphatic carbocycles. The van der Waals surface area contributed by atoms with Gasteiger partial charge < -0.3 is 4.74 Å². The van der Waals surface area contributed by atoms with Gasteiger partial charge >= 0.3 is 0 Å². The Labute approximate surface area is 156 Å². The summed E-state index contributed by atoms with van der Waals surface area (Å²) < 4.78 is 6.34. The number of rotatable bonds is 9. The van der Waals surface area contributed by atoms with Crippen LogP contribution >= 0.6 is 17.0 Å². The third-order valence-electron chi connectivity index (χ3n) is 4.19. The van der Waals surface area contributed by atoms with Crippen molar-refractivity contribution in [3.63, 3.8) is 0 Å². The third-order valence-corrected chi connectivity index (χ3v) is 4.19. The van der Waals surface area contributed by atoms with E-state index in [9.17, 15) is 0 Å².